The second-order valence-corrected chi connectivity index (χ2v) is 4.32. The van der Waals surface area contributed by atoms with Crippen LogP contribution in [0.5, 0.6) is 5.75 Å². The Kier molecular flexibility index (Phi) is 4.30. The van der Waals surface area contributed by atoms with Gasteiger partial charge >= 0.3 is 0 Å². The minimum absolute atomic E-state index is 0.0840. The standard InChI is InChI=1S/C15H13F2NO2/c16-12-6-5-10(13(17)8-12)7-15(20)18-9-11-3-1-2-4-14(11)19/h1-6,8,19H,7,9H2,(H,18,20). The lowest BCUT2D eigenvalue weighted by Gasteiger charge is -2.07. The smallest absolute Gasteiger partial charge is 0.224 e. The maximum Gasteiger partial charge on any atom is 0.224 e. The predicted octanol–water partition coefficient (Wildman–Crippen LogP) is 2.53. The van der Waals surface area contributed by atoms with Crippen molar-refractivity contribution >= 4 is 5.91 Å². The molecule has 0 unspecified atom stereocenters. The molecule has 0 aliphatic rings. The van der Waals surface area contributed by atoms with Gasteiger partial charge in [-0.3, -0.25) is 4.79 Å². The quantitative estimate of drug-likeness (QED) is 0.902. The van der Waals surface area contributed by atoms with Gasteiger partial charge in [0.2, 0.25) is 5.91 Å². The molecule has 0 fully saturated rings. The summed E-state index contributed by atoms with van der Waals surface area (Å²) in [5.74, 6) is -1.75. The molecule has 1 amide bonds. The van der Waals surface area contributed by atoms with Gasteiger partial charge in [0, 0.05) is 18.2 Å². The molecule has 5 heteroatoms. The topological polar surface area (TPSA) is 49.3 Å². The fourth-order valence-corrected chi connectivity index (χ4v) is 1.75. The van der Waals surface area contributed by atoms with Crippen LogP contribution in [0.2, 0.25) is 0 Å². The molecule has 20 heavy (non-hydrogen) atoms. The molecule has 2 rings (SSSR count). The summed E-state index contributed by atoms with van der Waals surface area (Å²) in [5, 5.41) is 12.1. The van der Waals surface area contributed by atoms with Gasteiger partial charge in [0.1, 0.15) is 17.4 Å². The zero-order valence-electron chi connectivity index (χ0n) is 10.6. The van der Waals surface area contributed by atoms with Crippen molar-refractivity contribution in [3.05, 3.63) is 65.2 Å². The average Bonchev–Trinajstić information content (AvgIpc) is 2.41. The van der Waals surface area contributed by atoms with Crippen LogP contribution in [-0.2, 0) is 17.8 Å². The first kappa shape index (κ1) is 14.0. The van der Waals surface area contributed by atoms with Crippen LogP contribution in [0.15, 0.2) is 42.5 Å². The number of carbonyl (C=O) groups is 1. The number of benzene rings is 2. The summed E-state index contributed by atoms with van der Waals surface area (Å²) in [7, 11) is 0. The van der Waals surface area contributed by atoms with Gasteiger partial charge in [0.05, 0.1) is 6.42 Å². The summed E-state index contributed by atoms with van der Waals surface area (Å²) < 4.78 is 26.1. The number of para-hydroxylation sites is 1. The summed E-state index contributed by atoms with van der Waals surface area (Å²) in [6.07, 6.45) is -0.181. The second-order valence-electron chi connectivity index (χ2n) is 4.32. The van der Waals surface area contributed by atoms with Gasteiger partial charge in [0.15, 0.2) is 0 Å². The highest BCUT2D eigenvalue weighted by atomic mass is 19.1. The van der Waals surface area contributed by atoms with Gasteiger partial charge in [-0.1, -0.05) is 24.3 Å². The molecule has 104 valence electrons. The van der Waals surface area contributed by atoms with E-state index in [1.54, 1.807) is 18.2 Å². The van der Waals surface area contributed by atoms with Crippen LogP contribution in [-0.4, -0.2) is 11.0 Å². The number of hydrogen-bond acceptors (Lipinski definition) is 2. The summed E-state index contributed by atoms with van der Waals surface area (Å²) >= 11 is 0. The Labute approximate surface area is 114 Å². The minimum Gasteiger partial charge on any atom is -0.508 e. The third kappa shape index (κ3) is 3.54. The van der Waals surface area contributed by atoms with E-state index in [0.29, 0.717) is 5.56 Å². The summed E-state index contributed by atoms with van der Waals surface area (Å²) in [5.41, 5.74) is 0.696. The Bertz CT molecular complexity index is 629. The van der Waals surface area contributed by atoms with Crippen LogP contribution in [0.25, 0.3) is 0 Å². The first-order valence-electron chi connectivity index (χ1n) is 6.04. The molecule has 0 aliphatic carbocycles. The van der Waals surface area contributed by atoms with Crippen LogP contribution in [0.4, 0.5) is 8.78 Å². The first-order chi connectivity index (χ1) is 9.56. The van der Waals surface area contributed by atoms with Crippen LogP contribution < -0.4 is 5.32 Å². The fourth-order valence-electron chi connectivity index (χ4n) is 1.75. The third-order valence-corrected chi connectivity index (χ3v) is 2.83. The van der Waals surface area contributed by atoms with Gasteiger partial charge in [-0.05, 0) is 17.7 Å². The largest absolute Gasteiger partial charge is 0.508 e. The predicted molar refractivity (Wildman–Crippen MR) is 70.0 cm³/mol. The highest BCUT2D eigenvalue weighted by molar-refractivity contribution is 5.78. The molecule has 0 heterocycles. The average molecular weight is 277 g/mol. The lowest BCUT2D eigenvalue weighted by molar-refractivity contribution is -0.120. The molecule has 3 nitrogen and oxygen atoms in total. The van der Waals surface area contributed by atoms with E-state index >= 15 is 0 Å². The van der Waals surface area contributed by atoms with E-state index in [0.717, 1.165) is 12.1 Å². The first-order valence-corrected chi connectivity index (χ1v) is 6.04. The van der Waals surface area contributed by atoms with E-state index in [1.807, 2.05) is 0 Å². The number of amides is 1. The number of halogens is 2. The lowest BCUT2D eigenvalue weighted by Crippen LogP contribution is -2.25. The molecule has 2 aromatic rings. The lowest BCUT2D eigenvalue weighted by atomic mass is 10.1. The molecule has 2 N–H and O–H groups in total. The minimum atomic E-state index is -0.747. The van der Waals surface area contributed by atoms with E-state index in [2.05, 4.69) is 5.32 Å². The van der Waals surface area contributed by atoms with E-state index in [9.17, 15) is 18.7 Å². The van der Waals surface area contributed by atoms with E-state index in [4.69, 9.17) is 0 Å². The SMILES string of the molecule is O=C(Cc1ccc(F)cc1F)NCc1ccccc1O. The number of rotatable bonds is 4. The van der Waals surface area contributed by atoms with Crippen molar-refractivity contribution in [3.8, 4) is 5.75 Å². The molecule has 0 aliphatic heterocycles. The molecular weight excluding hydrogens is 264 g/mol. The molecule has 0 aromatic heterocycles. The highest BCUT2D eigenvalue weighted by Crippen LogP contribution is 2.15. The Morgan fingerprint density at radius 2 is 1.85 bits per heavy atom. The zero-order chi connectivity index (χ0) is 14.5. The van der Waals surface area contributed by atoms with Gasteiger partial charge in [-0.15, -0.1) is 0 Å². The number of hydrogen-bond donors (Lipinski definition) is 2. The number of carbonyl (C=O) groups excluding carboxylic acids is 1. The van der Waals surface area contributed by atoms with Crippen molar-refractivity contribution in [2.75, 3.05) is 0 Å². The summed E-state index contributed by atoms with van der Waals surface area (Å²) in [6, 6.07) is 9.69. The Balaban J connectivity index is 1.94. The molecular formula is C15H13F2NO2. The molecule has 2 aromatic carbocycles. The Morgan fingerprint density at radius 1 is 1.10 bits per heavy atom. The Hall–Kier alpha value is -2.43. The van der Waals surface area contributed by atoms with Crippen molar-refractivity contribution < 1.29 is 18.7 Å². The van der Waals surface area contributed by atoms with Gasteiger partial charge in [-0.2, -0.15) is 0 Å². The van der Waals surface area contributed by atoms with E-state index < -0.39 is 17.5 Å². The molecule has 0 saturated carbocycles. The van der Waals surface area contributed by atoms with Gasteiger partial charge < -0.3 is 10.4 Å². The van der Waals surface area contributed by atoms with Gasteiger partial charge in [-0.25, -0.2) is 8.78 Å². The number of aromatic hydroxyl groups is 1. The van der Waals surface area contributed by atoms with Gasteiger partial charge in [0.25, 0.3) is 0 Å². The van der Waals surface area contributed by atoms with E-state index in [1.165, 1.54) is 12.1 Å². The highest BCUT2D eigenvalue weighted by Gasteiger charge is 2.09. The molecule has 0 saturated heterocycles. The van der Waals surface area contributed by atoms with Crippen LogP contribution in [0, 0.1) is 11.6 Å². The fraction of sp³-hybridized carbons (Fsp3) is 0.133. The number of nitrogens with one attached hydrogen (secondary N) is 1. The summed E-state index contributed by atoms with van der Waals surface area (Å²) in [6.45, 7) is 0.147. The van der Waals surface area contributed by atoms with Crippen LogP contribution in [0.1, 0.15) is 11.1 Å². The van der Waals surface area contributed by atoms with Crippen molar-refractivity contribution in [3.63, 3.8) is 0 Å². The molecule has 0 atom stereocenters. The normalized spacial score (nSPS) is 10.3. The monoisotopic (exact) mass is 277 g/mol. The number of phenolic OH excluding ortho intramolecular Hbond substituents is 1. The van der Waals surface area contributed by atoms with Crippen molar-refractivity contribution in [2.45, 2.75) is 13.0 Å². The molecule has 0 radical (unpaired) electrons. The third-order valence-electron chi connectivity index (χ3n) is 2.83. The maximum absolute atomic E-state index is 13.4. The van der Waals surface area contributed by atoms with Crippen LogP contribution in [0.3, 0.4) is 0 Å². The zero-order valence-corrected chi connectivity index (χ0v) is 10.6. The van der Waals surface area contributed by atoms with Crippen molar-refractivity contribution in [1.29, 1.82) is 0 Å². The summed E-state index contributed by atoms with van der Waals surface area (Å²) in [4.78, 5) is 11.7. The molecule has 0 bridgehead atoms. The van der Waals surface area contributed by atoms with Crippen molar-refractivity contribution in [1.82, 2.24) is 5.32 Å². The van der Waals surface area contributed by atoms with Crippen LogP contribution >= 0.6 is 0 Å². The second kappa shape index (κ2) is 6.14. The van der Waals surface area contributed by atoms with E-state index in [-0.39, 0.29) is 24.3 Å². The van der Waals surface area contributed by atoms with Crippen molar-refractivity contribution in [2.24, 2.45) is 0 Å². The number of phenols is 1. The Morgan fingerprint density at radius 3 is 2.55 bits per heavy atom. The molecule has 0 spiro atoms. The maximum atomic E-state index is 13.4.